The average Bonchev–Trinajstić information content (AvgIpc) is 3.11. The molecule has 0 bridgehead atoms. The molecule has 0 spiro atoms. The number of benzene rings is 1. The van der Waals surface area contributed by atoms with E-state index in [2.05, 4.69) is 15.5 Å². The Kier molecular flexibility index (Phi) is 6.89. The van der Waals surface area contributed by atoms with Crippen LogP contribution in [0.25, 0.3) is 0 Å². The van der Waals surface area contributed by atoms with Crippen LogP contribution in [-0.2, 0) is 9.47 Å². The Labute approximate surface area is 182 Å². The molecule has 2 aliphatic heterocycles. The van der Waals surface area contributed by atoms with Crippen LogP contribution in [0.15, 0.2) is 24.3 Å². The minimum absolute atomic E-state index is 0.206. The second kappa shape index (κ2) is 9.42. The summed E-state index contributed by atoms with van der Waals surface area (Å²) in [5, 5.41) is 5.67. The number of urea groups is 1. The zero-order valence-electron chi connectivity index (χ0n) is 18.5. The Hall–Kier alpha value is -3.01. The Morgan fingerprint density at radius 2 is 2.00 bits per heavy atom. The van der Waals surface area contributed by atoms with Crippen molar-refractivity contribution in [2.24, 2.45) is 0 Å². The second-order valence-electron chi connectivity index (χ2n) is 8.74. The summed E-state index contributed by atoms with van der Waals surface area (Å²) < 4.78 is 10.3. The number of carbonyl (C=O) groups is 3. The lowest BCUT2D eigenvalue weighted by atomic mass is 10.1. The lowest BCUT2D eigenvalue weighted by Gasteiger charge is -2.40. The standard InChI is InChI=1S/C21H31N5O5/c1-21(2,3)31-19(28)22-13-17-14-24(4)8-9-25(17)18(27)23-15-6-5-7-16(12-15)26-10-11-30-20(26)29/h5-7,12,17H,8-11,13-14H2,1-4H3,(H,22,28)(H,23,27)/t17-/m1/s1. The molecule has 10 nitrogen and oxygen atoms in total. The quantitative estimate of drug-likeness (QED) is 0.755. The van der Waals surface area contributed by atoms with E-state index in [1.807, 2.05) is 7.05 Å². The molecule has 0 radical (unpaired) electrons. The number of alkyl carbamates (subject to hydrolysis) is 1. The van der Waals surface area contributed by atoms with Crippen LogP contribution in [0.2, 0.25) is 0 Å². The molecule has 4 amide bonds. The van der Waals surface area contributed by atoms with Gasteiger partial charge in [0.25, 0.3) is 0 Å². The van der Waals surface area contributed by atoms with Gasteiger partial charge in [-0.15, -0.1) is 0 Å². The van der Waals surface area contributed by atoms with E-state index in [0.29, 0.717) is 37.6 Å². The molecule has 0 aromatic heterocycles. The third-order valence-corrected chi connectivity index (χ3v) is 5.00. The van der Waals surface area contributed by atoms with E-state index in [9.17, 15) is 14.4 Å². The number of amides is 4. The Balaban J connectivity index is 1.63. The second-order valence-corrected chi connectivity index (χ2v) is 8.74. The van der Waals surface area contributed by atoms with Crippen molar-refractivity contribution in [1.82, 2.24) is 15.1 Å². The summed E-state index contributed by atoms with van der Waals surface area (Å²) in [4.78, 5) is 42.2. The van der Waals surface area contributed by atoms with Crippen LogP contribution in [-0.4, -0.2) is 86.0 Å². The molecule has 1 aromatic carbocycles. The fourth-order valence-electron chi connectivity index (χ4n) is 3.54. The van der Waals surface area contributed by atoms with E-state index in [4.69, 9.17) is 9.47 Å². The lowest BCUT2D eigenvalue weighted by Crippen LogP contribution is -2.58. The third-order valence-electron chi connectivity index (χ3n) is 5.00. The van der Waals surface area contributed by atoms with Crippen molar-refractivity contribution >= 4 is 29.6 Å². The zero-order valence-corrected chi connectivity index (χ0v) is 18.5. The number of nitrogens with zero attached hydrogens (tertiary/aromatic N) is 3. The number of anilines is 2. The molecule has 2 heterocycles. The van der Waals surface area contributed by atoms with Gasteiger partial charge < -0.3 is 29.9 Å². The average molecular weight is 434 g/mol. The molecular formula is C21H31N5O5. The van der Waals surface area contributed by atoms with Crippen molar-refractivity contribution in [1.29, 1.82) is 0 Å². The van der Waals surface area contributed by atoms with E-state index in [0.717, 1.165) is 6.54 Å². The fraction of sp³-hybridized carbons (Fsp3) is 0.571. The largest absolute Gasteiger partial charge is 0.447 e. The van der Waals surface area contributed by atoms with Gasteiger partial charge in [-0.1, -0.05) is 6.07 Å². The summed E-state index contributed by atoms with van der Waals surface area (Å²) in [6.07, 6.45) is -0.901. The molecule has 10 heteroatoms. The van der Waals surface area contributed by atoms with Gasteiger partial charge >= 0.3 is 18.2 Å². The molecule has 170 valence electrons. The molecule has 0 saturated carbocycles. The van der Waals surface area contributed by atoms with Crippen LogP contribution in [0.4, 0.5) is 25.8 Å². The molecule has 2 aliphatic rings. The number of hydrogen-bond donors (Lipinski definition) is 2. The molecule has 31 heavy (non-hydrogen) atoms. The fourth-order valence-corrected chi connectivity index (χ4v) is 3.54. The van der Waals surface area contributed by atoms with Crippen molar-refractivity contribution in [3.63, 3.8) is 0 Å². The van der Waals surface area contributed by atoms with E-state index in [1.165, 1.54) is 4.90 Å². The van der Waals surface area contributed by atoms with Gasteiger partial charge in [-0.3, -0.25) is 4.90 Å². The van der Waals surface area contributed by atoms with Crippen LogP contribution in [0.1, 0.15) is 20.8 Å². The van der Waals surface area contributed by atoms with Crippen LogP contribution in [0.3, 0.4) is 0 Å². The van der Waals surface area contributed by atoms with Gasteiger partial charge in [0.15, 0.2) is 0 Å². The summed E-state index contributed by atoms with van der Waals surface area (Å²) >= 11 is 0. The molecule has 1 atom stereocenters. The Morgan fingerprint density at radius 3 is 2.68 bits per heavy atom. The van der Waals surface area contributed by atoms with Crippen molar-refractivity contribution in [3.05, 3.63) is 24.3 Å². The molecule has 2 N–H and O–H groups in total. The van der Waals surface area contributed by atoms with E-state index >= 15 is 0 Å². The van der Waals surface area contributed by atoms with Gasteiger partial charge in [0.2, 0.25) is 0 Å². The number of carbonyl (C=O) groups excluding carboxylic acids is 3. The van der Waals surface area contributed by atoms with Crippen LogP contribution < -0.4 is 15.5 Å². The summed E-state index contributed by atoms with van der Waals surface area (Å²) in [6.45, 7) is 8.41. The molecular weight excluding hydrogens is 402 g/mol. The van der Waals surface area contributed by atoms with E-state index in [1.54, 1.807) is 49.9 Å². The van der Waals surface area contributed by atoms with Crippen molar-refractivity contribution in [2.45, 2.75) is 32.4 Å². The van der Waals surface area contributed by atoms with Crippen molar-refractivity contribution < 1.29 is 23.9 Å². The first-order valence-electron chi connectivity index (χ1n) is 10.4. The summed E-state index contributed by atoms with van der Waals surface area (Å²) in [5.74, 6) is 0. The maximum atomic E-state index is 13.0. The van der Waals surface area contributed by atoms with E-state index < -0.39 is 17.8 Å². The predicted octanol–water partition coefficient (Wildman–Crippen LogP) is 2.32. The van der Waals surface area contributed by atoms with Gasteiger partial charge in [0.05, 0.1) is 12.6 Å². The highest BCUT2D eigenvalue weighted by atomic mass is 16.6. The maximum absolute atomic E-state index is 13.0. The number of rotatable bonds is 4. The first-order valence-corrected chi connectivity index (χ1v) is 10.4. The Morgan fingerprint density at radius 1 is 1.23 bits per heavy atom. The van der Waals surface area contributed by atoms with E-state index in [-0.39, 0.29) is 18.6 Å². The van der Waals surface area contributed by atoms with Gasteiger partial charge in [0, 0.05) is 37.6 Å². The first-order chi connectivity index (χ1) is 14.6. The van der Waals surface area contributed by atoms with Gasteiger partial charge in [-0.05, 0) is 46.0 Å². The number of nitrogens with one attached hydrogen (secondary N) is 2. The molecule has 0 aliphatic carbocycles. The highest BCUT2D eigenvalue weighted by molar-refractivity contribution is 5.93. The summed E-state index contributed by atoms with van der Waals surface area (Å²) in [7, 11) is 1.98. The maximum Gasteiger partial charge on any atom is 0.414 e. The molecule has 0 unspecified atom stereocenters. The highest BCUT2D eigenvalue weighted by Gasteiger charge is 2.30. The van der Waals surface area contributed by atoms with Crippen molar-refractivity contribution in [2.75, 3.05) is 56.6 Å². The number of likely N-dealkylation sites (N-methyl/N-ethyl adjacent to an activating group) is 1. The first kappa shape index (κ1) is 22.7. The van der Waals surface area contributed by atoms with Gasteiger partial charge in [-0.25, -0.2) is 14.4 Å². The highest BCUT2D eigenvalue weighted by Crippen LogP contribution is 2.23. The molecule has 3 rings (SSSR count). The molecule has 2 saturated heterocycles. The molecule has 2 fully saturated rings. The summed E-state index contributed by atoms with van der Waals surface area (Å²) in [5.41, 5.74) is 0.666. The number of piperazine rings is 1. The topological polar surface area (TPSA) is 103 Å². The monoisotopic (exact) mass is 433 g/mol. The van der Waals surface area contributed by atoms with Gasteiger partial charge in [0.1, 0.15) is 12.2 Å². The number of hydrogen-bond acceptors (Lipinski definition) is 6. The van der Waals surface area contributed by atoms with Crippen LogP contribution >= 0.6 is 0 Å². The predicted molar refractivity (Wildman–Crippen MR) is 116 cm³/mol. The SMILES string of the molecule is CN1CCN(C(=O)Nc2cccc(N3CCOC3=O)c2)[C@H](CNC(=O)OC(C)(C)C)C1. The lowest BCUT2D eigenvalue weighted by molar-refractivity contribution is 0.0490. The third kappa shape index (κ3) is 6.24. The number of ether oxygens (including phenoxy) is 2. The normalized spacial score (nSPS) is 19.7. The smallest absolute Gasteiger partial charge is 0.414 e. The van der Waals surface area contributed by atoms with Gasteiger partial charge in [-0.2, -0.15) is 0 Å². The Bertz CT molecular complexity index is 825. The summed E-state index contributed by atoms with van der Waals surface area (Å²) in [6, 6.07) is 6.63. The molecule has 1 aromatic rings. The minimum atomic E-state index is -0.586. The number of cyclic esters (lactones) is 1. The van der Waals surface area contributed by atoms with Crippen LogP contribution in [0, 0.1) is 0 Å². The van der Waals surface area contributed by atoms with Crippen molar-refractivity contribution in [3.8, 4) is 0 Å². The minimum Gasteiger partial charge on any atom is -0.447 e. The zero-order chi connectivity index (χ0) is 22.6. The van der Waals surface area contributed by atoms with Crippen LogP contribution in [0.5, 0.6) is 0 Å².